The van der Waals surface area contributed by atoms with Gasteiger partial charge >= 0.3 is 5.97 Å². The van der Waals surface area contributed by atoms with E-state index in [0.29, 0.717) is 13.0 Å². The van der Waals surface area contributed by atoms with Crippen molar-refractivity contribution in [2.24, 2.45) is 5.92 Å². The Kier molecular flexibility index (Phi) is 31.0. The highest BCUT2D eigenvalue weighted by molar-refractivity contribution is 5.69. The topological polar surface area (TPSA) is 46.5 Å². The van der Waals surface area contributed by atoms with E-state index in [9.17, 15) is 9.90 Å². The summed E-state index contributed by atoms with van der Waals surface area (Å²) in [6.07, 6.45) is 37.2. The van der Waals surface area contributed by atoms with E-state index in [2.05, 4.69) is 32.9 Å². The summed E-state index contributed by atoms with van der Waals surface area (Å²) in [5, 5.41) is 9.98. The third kappa shape index (κ3) is 33.3. The Bertz CT molecular complexity index is 513. The first-order chi connectivity index (χ1) is 19.1. The van der Waals surface area contributed by atoms with Gasteiger partial charge in [-0.1, -0.05) is 161 Å². The van der Waals surface area contributed by atoms with Crippen molar-refractivity contribution < 1.29 is 14.6 Å². The number of esters is 1. The monoisotopic (exact) mass is 551 g/mol. The van der Waals surface area contributed by atoms with Gasteiger partial charge in [0, 0.05) is 6.42 Å². The van der Waals surface area contributed by atoms with Crippen LogP contribution in [0.5, 0.6) is 0 Å². The molecule has 39 heavy (non-hydrogen) atoms. The Morgan fingerprint density at radius 3 is 1.69 bits per heavy atom. The van der Waals surface area contributed by atoms with Crippen LogP contribution in [0.4, 0.5) is 0 Å². The molecule has 0 rings (SSSR count). The van der Waals surface area contributed by atoms with Crippen LogP contribution in [0.1, 0.15) is 194 Å². The first kappa shape index (κ1) is 38.2. The minimum Gasteiger partial charge on any atom is -0.466 e. The molecule has 3 heteroatoms. The molecule has 0 aromatic rings. The highest BCUT2D eigenvalue weighted by atomic mass is 16.5. The molecule has 0 saturated carbocycles. The molecule has 0 aliphatic rings. The van der Waals surface area contributed by atoms with Crippen LogP contribution < -0.4 is 0 Å². The molecule has 0 unspecified atom stereocenters. The van der Waals surface area contributed by atoms with E-state index in [4.69, 9.17) is 4.74 Å². The third-order valence-electron chi connectivity index (χ3n) is 7.91. The van der Waals surface area contributed by atoms with Crippen molar-refractivity contribution in [2.45, 2.75) is 200 Å². The second-order valence-electron chi connectivity index (χ2n) is 12.5. The maximum atomic E-state index is 11.9. The quantitative estimate of drug-likeness (QED) is 0.0530. The van der Waals surface area contributed by atoms with E-state index in [1.807, 2.05) is 0 Å². The van der Waals surface area contributed by atoms with Gasteiger partial charge in [0.15, 0.2) is 0 Å². The zero-order valence-electron chi connectivity index (χ0n) is 26.9. The van der Waals surface area contributed by atoms with E-state index in [1.54, 1.807) is 0 Å². The van der Waals surface area contributed by atoms with Crippen LogP contribution in [-0.2, 0) is 9.53 Å². The summed E-state index contributed by atoms with van der Waals surface area (Å²) in [6, 6.07) is 0. The summed E-state index contributed by atoms with van der Waals surface area (Å²) in [5.41, 5.74) is 0. The molecule has 0 bridgehead atoms. The van der Waals surface area contributed by atoms with Crippen molar-refractivity contribution >= 4 is 5.97 Å². The Hall–Kier alpha value is -0.830. The lowest BCUT2D eigenvalue weighted by Gasteiger charge is -2.07. The van der Waals surface area contributed by atoms with Gasteiger partial charge in [-0.25, -0.2) is 0 Å². The Labute approximate surface area is 245 Å². The first-order valence-corrected chi connectivity index (χ1v) is 17.5. The molecule has 0 aliphatic heterocycles. The number of unbranched alkanes of at least 4 members (excludes halogenated alkanes) is 20. The van der Waals surface area contributed by atoms with Crippen molar-refractivity contribution in [3.63, 3.8) is 0 Å². The van der Waals surface area contributed by atoms with Crippen molar-refractivity contribution in [3.8, 4) is 0 Å². The number of hydrogen-bond donors (Lipinski definition) is 1. The van der Waals surface area contributed by atoms with E-state index in [1.165, 1.54) is 122 Å². The van der Waals surface area contributed by atoms with Gasteiger partial charge in [0.05, 0.1) is 12.7 Å². The lowest BCUT2D eigenvalue weighted by molar-refractivity contribution is -0.143. The van der Waals surface area contributed by atoms with Crippen molar-refractivity contribution in [3.05, 3.63) is 12.2 Å². The number of ether oxygens (including phenoxy) is 1. The summed E-state index contributed by atoms with van der Waals surface area (Å²) in [5.74, 6) is 0.859. The molecule has 0 heterocycles. The molecule has 232 valence electrons. The molecule has 1 atom stereocenters. The number of aliphatic hydroxyl groups excluding tert-OH is 1. The third-order valence-corrected chi connectivity index (χ3v) is 7.91. The largest absolute Gasteiger partial charge is 0.466 e. The molecular formula is C36H70O3. The Morgan fingerprint density at radius 1 is 0.615 bits per heavy atom. The summed E-state index contributed by atoms with van der Waals surface area (Å²) >= 11 is 0. The van der Waals surface area contributed by atoms with Crippen LogP contribution in [0, 0.1) is 5.92 Å². The van der Waals surface area contributed by atoms with Gasteiger partial charge in [0.1, 0.15) is 0 Å². The zero-order valence-corrected chi connectivity index (χ0v) is 26.9. The van der Waals surface area contributed by atoms with Crippen molar-refractivity contribution in [1.29, 1.82) is 0 Å². The highest BCUT2D eigenvalue weighted by Crippen LogP contribution is 2.15. The lowest BCUT2D eigenvalue weighted by Crippen LogP contribution is -2.05. The normalized spacial score (nSPS) is 12.5. The molecule has 0 saturated heterocycles. The van der Waals surface area contributed by atoms with Gasteiger partial charge in [0.25, 0.3) is 0 Å². The van der Waals surface area contributed by atoms with Crippen LogP contribution in [0.3, 0.4) is 0 Å². The summed E-state index contributed by atoms with van der Waals surface area (Å²) in [4.78, 5) is 11.9. The number of carbonyl (C=O) groups excluding carboxylic acids is 1. The molecule has 0 spiro atoms. The lowest BCUT2D eigenvalue weighted by atomic mass is 10.0. The predicted octanol–water partition coefficient (Wildman–Crippen LogP) is 11.7. The molecule has 0 fully saturated rings. The Balaban J connectivity index is 3.26. The highest BCUT2D eigenvalue weighted by Gasteiger charge is 2.03. The van der Waals surface area contributed by atoms with Gasteiger partial charge in [-0.3, -0.25) is 4.79 Å². The van der Waals surface area contributed by atoms with Crippen molar-refractivity contribution in [2.75, 3.05) is 6.61 Å². The minimum absolute atomic E-state index is 0.00823. The number of carbonyl (C=O) groups is 1. The van der Waals surface area contributed by atoms with Crippen LogP contribution in [-0.4, -0.2) is 23.8 Å². The first-order valence-electron chi connectivity index (χ1n) is 17.5. The average Bonchev–Trinajstić information content (AvgIpc) is 2.91. The minimum atomic E-state index is -0.165. The smallest absolute Gasteiger partial charge is 0.305 e. The van der Waals surface area contributed by atoms with Crippen LogP contribution in [0.2, 0.25) is 0 Å². The summed E-state index contributed by atoms with van der Waals surface area (Å²) in [7, 11) is 0. The predicted molar refractivity (Wildman–Crippen MR) is 171 cm³/mol. The standard InChI is InChI=1S/C36H70O3/c1-4-5-6-25-30-35(37)31-26-21-17-13-14-18-22-27-32-36(38)39-33-28-23-19-15-11-9-7-8-10-12-16-20-24-29-34(2)3/h21,26,34-35,37H,4-20,22-25,27-33H2,1-3H3/t35-/m1/s1. The molecule has 0 aliphatic carbocycles. The maximum Gasteiger partial charge on any atom is 0.305 e. The summed E-state index contributed by atoms with van der Waals surface area (Å²) < 4.78 is 5.42. The fourth-order valence-corrected chi connectivity index (χ4v) is 5.21. The molecule has 0 radical (unpaired) electrons. The molecule has 1 N–H and O–H groups in total. The second-order valence-corrected chi connectivity index (χ2v) is 12.5. The number of allylic oxidation sites excluding steroid dienone is 1. The van der Waals surface area contributed by atoms with Crippen LogP contribution in [0.15, 0.2) is 12.2 Å². The fraction of sp³-hybridized carbons (Fsp3) is 0.917. The van der Waals surface area contributed by atoms with Gasteiger partial charge in [0.2, 0.25) is 0 Å². The second kappa shape index (κ2) is 31.7. The fourth-order valence-electron chi connectivity index (χ4n) is 5.21. The maximum absolute atomic E-state index is 11.9. The van der Waals surface area contributed by atoms with Crippen LogP contribution >= 0.6 is 0 Å². The molecule has 3 nitrogen and oxygen atoms in total. The van der Waals surface area contributed by atoms with E-state index >= 15 is 0 Å². The van der Waals surface area contributed by atoms with Gasteiger partial charge < -0.3 is 9.84 Å². The van der Waals surface area contributed by atoms with E-state index in [0.717, 1.165) is 50.9 Å². The number of aliphatic hydroxyl groups is 1. The van der Waals surface area contributed by atoms with Gasteiger partial charge in [-0.2, -0.15) is 0 Å². The molecule has 0 aromatic heterocycles. The molecular weight excluding hydrogens is 480 g/mol. The number of rotatable bonds is 31. The Morgan fingerprint density at radius 2 is 1.10 bits per heavy atom. The number of hydrogen-bond acceptors (Lipinski definition) is 3. The van der Waals surface area contributed by atoms with E-state index < -0.39 is 0 Å². The zero-order chi connectivity index (χ0) is 28.7. The van der Waals surface area contributed by atoms with Crippen molar-refractivity contribution in [1.82, 2.24) is 0 Å². The van der Waals surface area contributed by atoms with Crippen LogP contribution in [0.25, 0.3) is 0 Å². The summed E-state index contributed by atoms with van der Waals surface area (Å²) in [6.45, 7) is 7.48. The van der Waals surface area contributed by atoms with E-state index in [-0.39, 0.29) is 12.1 Å². The van der Waals surface area contributed by atoms with Gasteiger partial charge in [-0.15, -0.1) is 0 Å². The average molecular weight is 551 g/mol. The molecule has 0 aromatic carbocycles. The van der Waals surface area contributed by atoms with Gasteiger partial charge in [-0.05, 0) is 44.4 Å². The SMILES string of the molecule is CCCCCC[C@@H](O)CC=CCCCCCCCC(=O)OCCCCCCCCCCCCCCCC(C)C. The molecule has 0 amide bonds.